The summed E-state index contributed by atoms with van der Waals surface area (Å²) in [6, 6.07) is 0.238. The lowest BCUT2D eigenvalue weighted by molar-refractivity contribution is 0.385. The Morgan fingerprint density at radius 2 is 1.89 bits per heavy atom. The summed E-state index contributed by atoms with van der Waals surface area (Å²) in [6.07, 6.45) is 8.17. The van der Waals surface area contributed by atoms with E-state index < -0.39 is 15.7 Å². The number of nitrogens with zero attached hydrogens (tertiary/aromatic N) is 5. The molecular weight excluding hydrogens is 486 g/mol. The molecule has 194 valence electrons. The van der Waals surface area contributed by atoms with Gasteiger partial charge in [0.15, 0.2) is 5.65 Å². The molecule has 0 amide bonds. The maximum Gasteiger partial charge on any atom is 0.326 e. The van der Waals surface area contributed by atoms with Gasteiger partial charge in [0, 0.05) is 17.3 Å². The fraction of sp³-hybridized carbons (Fsp3) is 0.591. The van der Waals surface area contributed by atoms with Crippen molar-refractivity contribution in [2.75, 3.05) is 11.1 Å². The lowest BCUT2D eigenvalue weighted by Crippen LogP contribution is -2.42. The molecule has 0 radical (unpaired) electrons. The first-order chi connectivity index (χ1) is 17.1. The number of sulfonamides is 1. The van der Waals surface area contributed by atoms with Crippen molar-refractivity contribution in [3.63, 3.8) is 0 Å². The molecule has 0 saturated heterocycles. The Bertz CT molecular complexity index is 1530. The second-order valence-corrected chi connectivity index (χ2v) is 11.8. The fourth-order valence-electron chi connectivity index (χ4n) is 4.42. The molecule has 0 atom stereocenters. The second kappa shape index (κ2) is 9.65. The molecule has 3 heterocycles. The third kappa shape index (κ3) is 5.75. The van der Waals surface area contributed by atoms with Crippen LogP contribution in [-0.4, -0.2) is 67.0 Å². The summed E-state index contributed by atoms with van der Waals surface area (Å²) in [5.74, 6) is 0.351. The van der Waals surface area contributed by atoms with Crippen LogP contribution in [0, 0.1) is 5.92 Å². The van der Waals surface area contributed by atoms with E-state index in [9.17, 15) is 18.3 Å². The number of fused-ring (bicyclic) bond motifs is 1. The molecule has 3 aromatic rings. The van der Waals surface area contributed by atoms with E-state index in [1.54, 1.807) is 16.8 Å². The van der Waals surface area contributed by atoms with Crippen LogP contribution in [0.4, 0.5) is 5.95 Å². The predicted molar refractivity (Wildman–Crippen MR) is 133 cm³/mol. The predicted octanol–water partition coefficient (Wildman–Crippen LogP) is -0.244. The number of nitrogens with one attached hydrogen (secondary N) is 4. The molecule has 2 aliphatic carbocycles. The average Bonchev–Trinajstić information content (AvgIpc) is 3.42. The highest BCUT2D eigenvalue weighted by Gasteiger charge is 2.26. The van der Waals surface area contributed by atoms with Gasteiger partial charge >= 0.3 is 5.69 Å². The van der Waals surface area contributed by atoms with E-state index in [1.165, 1.54) is 0 Å². The quantitative estimate of drug-likeness (QED) is 0.271. The van der Waals surface area contributed by atoms with E-state index in [1.807, 2.05) is 13.8 Å². The van der Waals surface area contributed by atoms with Crippen LogP contribution in [0.3, 0.4) is 0 Å². The summed E-state index contributed by atoms with van der Waals surface area (Å²) < 4.78 is 29.0. The highest BCUT2D eigenvalue weighted by atomic mass is 32.2. The minimum absolute atomic E-state index is 0.0668. The molecular formula is C22H31N9O4S. The topological polar surface area (TPSA) is 183 Å². The fourth-order valence-corrected chi connectivity index (χ4v) is 6.14. The number of aromatic amines is 2. The van der Waals surface area contributed by atoms with Gasteiger partial charge in [0.1, 0.15) is 5.69 Å². The number of rotatable bonds is 8. The standard InChI is InChI=1S/C22H31N9O4S/c1-12(2)11-36(34,35)30-16-7-5-14(6-8-16)24-20-27-18-13(9-17-19(32)28-22(33)26-17)10-23-31(18)21(29-20)25-15-3-4-15/h9-10,12,14-16,30,32H,3-8,11H2,1-2H3,(H,24,25,29)(H2,26,28,33). The SMILES string of the molecule is CC(C)CS(=O)(=O)NC1CCC(Nc2nc(=NC3CC3)n3ncc(=Cc4[nH]c(=O)[nH]c4O)c3n2)CC1. The van der Waals surface area contributed by atoms with Gasteiger partial charge in [-0.3, -0.25) is 4.98 Å². The molecule has 0 spiro atoms. The minimum atomic E-state index is -3.28. The van der Waals surface area contributed by atoms with Gasteiger partial charge in [0.25, 0.3) is 5.62 Å². The highest BCUT2D eigenvalue weighted by molar-refractivity contribution is 7.89. The molecule has 2 fully saturated rings. The lowest BCUT2D eigenvalue weighted by atomic mass is 9.92. The number of aromatic hydroxyl groups is 1. The van der Waals surface area contributed by atoms with Gasteiger partial charge in [-0.2, -0.15) is 19.6 Å². The van der Waals surface area contributed by atoms with E-state index in [0.29, 0.717) is 22.4 Å². The Hall–Kier alpha value is -3.26. The van der Waals surface area contributed by atoms with Gasteiger partial charge in [0.05, 0.1) is 18.0 Å². The summed E-state index contributed by atoms with van der Waals surface area (Å²) in [6.45, 7) is 3.79. The summed E-state index contributed by atoms with van der Waals surface area (Å²) >= 11 is 0. The molecule has 5 N–H and O–H groups in total. The van der Waals surface area contributed by atoms with Crippen LogP contribution in [0.25, 0.3) is 11.7 Å². The molecule has 0 aliphatic heterocycles. The van der Waals surface area contributed by atoms with Crippen molar-refractivity contribution in [1.82, 2.24) is 34.3 Å². The Labute approximate surface area is 207 Å². The highest BCUT2D eigenvalue weighted by Crippen LogP contribution is 2.23. The first-order valence-electron chi connectivity index (χ1n) is 12.2. The Kier molecular flexibility index (Phi) is 6.55. The molecule has 14 heteroatoms. The van der Waals surface area contributed by atoms with Crippen LogP contribution in [0.1, 0.15) is 58.1 Å². The van der Waals surface area contributed by atoms with Crippen LogP contribution in [0.15, 0.2) is 16.0 Å². The average molecular weight is 518 g/mol. The lowest BCUT2D eigenvalue weighted by Gasteiger charge is -2.29. The van der Waals surface area contributed by atoms with Gasteiger partial charge in [-0.1, -0.05) is 13.8 Å². The zero-order valence-corrected chi connectivity index (χ0v) is 21.0. The number of hydrogen-bond acceptors (Lipinski definition) is 9. The Morgan fingerprint density at radius 1 is 1.17 bits per heavy atom. The van der Waals surface area contributed by atoms with Crippen molar-refractivity contribution in [1.29, 1.82) is 0 Å². The van der Waals surface area contributed by atoms with E-state index in [2.05, 4.69) is 40.1 Å². The van der Waals surface area contributed by atoms with Crippen LogP contribution in [-0.2, 0) is 10.0 Å². The summed E-state index contributed by atoms with van der Waals surface area (Å²) in [4.78, 5) is 30.3. The maximum absolute atomic E-state index is 12.3. The van der Waals surface area contributed by atoms with Crippen molar-refractivity contribution in [3.05, 3.63) is 33.2 Å². The second-order valence-electron chi connectivity index (χ2n) is 10.0. The zero-order chi connectivity index (χ0) is 25.4. The van der Waals surface area contributed by atoms with Crippen molar-refractivity contribution < 1.29 is 13.5 Å². The smallest absolute Gasteiger partial charge is 0.326 e. The molecule has 0 unspecified atom stereocenters. The van der Waals surface area contributed by atoms with E-state index >= 15 is 0 Å². The van der Waals surface area contributed by atoms with Crippen molar-refractivity contribution in [2.45, 2.75) is 70.5 Å². The van der Waals surface area contributed by atoms with Crippen LogP contribution >= 0.6 is 0 Å². The molecule has 13 nitrogen and oxygen atoms in total. The van der Waals surface area contributed by atoms with Gasteiger partial charge in [-0.25, -0.2) is 22.9 Å². The summed E-state index contributed by atoms with van der Waals surface area (Å²) in [5, 5.41) is 18.3. The molecule has 5 rings (SSSR count). The van der Waals surface area contributed by atoms with Gasteiger partial charge in [0.2, 0.25) is 21.9 Å². The Morgan fingerprint density at radius 3 is 2.53 bits per heavy atom. The first-order valence-corrected chi connectivity index (χ1v) is 13.9. The molecule has 0 aromatic carbocycles. The van der Waals surface area contributed by atoms with Crippen molar-refractivity contribution in [2.24, 2.45) is 10.9 Å². The molecule has 36 heavy (non-hydrogen) atoms. The number of aromatic nitrogens is 6. The van der Waals surface area contributed by atoms with Crippen LogP contribution in [0.2, 0.25) is 0 Å². The number of anilines is 1. The summed E-state index contributed by atoms with van der Waals surface area (Å²) in [7, 11) is -3.28. The monoisotopic (exact) mass is 517 g/mol. The number of H-pyrrole nitrogens is 2. The van der Waals surface area contributed by atoms with Crippen LogP contribution < -0.4 is 26.6 Å². The molecule has 0 bridgehead atoms. The van der Waals surface area contributed by atoms with Gasteiger partial charge < -0.3 is 15.4 Å². The number of imidazole rings is 1. The summed E-state index contributed by atoms with van der Waals surface area (Å²) in [5.41, 5.74) is 0.635. The Balaban J connectivity index is 1.38. The normalized spacial score (nSPS) is 22.1. The molecule has 2 saturated carbocycles. The maximum atomic E-state index is 12.3. The van der Waals surface area contributed by atoms with Gasteiger partial charge in [-0.15, -0.1) is 0 Å². The largest absolute Gasteiger partial charge is 0.493 e. The van der Waals surface area contributed by atoms with Crippen LogP contribution in [0.5, 0.6) is 5.88 Å². The third-order valence-corrected chi connectivity index (χ3v) is 8.02. The van der Waals surface area contributed by atoms with E-state index in [0.717, 1.165) is 38.5 Å². The minimum Gasteiger partial charge on any atom is -0.493 e. The molecule has 3 aromatic heterocycles. The molecule has 2 aliphatic rings. The third-order valence-electron chi connectivity index (χ3n) is 6.22. The van der Waals surface area contributed by atoms with E-state index in [4.69, 9.17) is 0 Å². The van der Waals surface area contributed by atoms with Crippen molar-refractivity contribution in [3.8, 4) is 5.88 Å². The zero-order valence-electron chi connectivity index (χ0n) is 20.2. The van der Waals surface area contributed by atoms with Crippen molar-refractivity contribution >= 4 is 27.7 Å². The first kappa shape index (κ1) is 24.4. The van der Waals surface area contributed by atoms with Gasteiger partial charge in [-0.05, 0) is 50.5 Å². The van der Waals surface area contributed by atoms with E-state index in [-0.39, 0.29) is 41.4 Å². The number of hydrogen-bond donors (Lipinski definition) is 5.